The molecule has 5 nitrogen and oxygen atoms in total. The van der Waals surface area contributed by atoms with Crippen LogP contribution in [0.15, 0.2) is 18.2 Å². The van der Waals surface area contributed by atoms with Crippen molar-refractivity contribution in [2.45, 2.75) is 6.42 Å². The van der Waals surface area contributed by atoms with Gasteiger partial charge in [-0.1, -0.05) is 12.1 Å². The highest BCUT2D eigenvalue weighted by molar-refractivity contribution is 14.1. The Balaban J connectivity index is 3.20. The van der Waals surface area contributed by atoms with Gasteiger partial charge in [-0.3, -0.25) is 12.9 Å². The molecular formula is C9H8IO5P. The van der Waals surface area contributed by atoms with Crippen LogP contribution in [0, 0.1) is 15.9 Å². The quantitative estimate of drug-likeness (QED) is 0.490. The molecule has 1 aromatic carbocycles. The first-order valence-electron chi connectivity index (χ1n) is 4.05. The fraction of sp³-hybridized carbons (Fsp3) is 0.111. The van der Waals surface area contributed by atoms with Crippen molar-refractivity contribution in [3.8, 4) is 18.1 Å². The van der Waals surface area contributed by atoms with E-state index in [1.54, 1.807) is 12.1 Å². The van der Waals surface area contributed by atoms with Gasteiger partial charge in [-0.25, -0.2) is 4.57 Å². The molecule has 0 fully saturated rings. The Bertz CT molecular complexity index is 487. The van der Waals surface area contributed by atoms with Crippen molar-refractivity contribution >= 4 is 29.0 Å². The van der Waals surface area contributed by atoms with Crippen molar-refractivity contribution in [2.75, 3.05) is 0 Å². The third-order valence-corrected chi connectivity index (χ3v) is 3.73. The van der Waals surface area contributed by atoms with Crippen molar-refractivity contribution < 1.29 is 21.9 Å². The molecule has 0 spiro atoms. The van der Waals surface area contributed by atoms with Crippen molar-refractivity contribution in [1.29, 1.82) is 0 Å². The second kappa shape index (κ2) is 5.55. The van der Waals surface area contributed by atoms with Crippen LogP contribution in [-0.4, -0.2) is 9.79 Å². The molecule has 0 unspecified atom stereocenters. The molecule has 86 valence electrons. The zero-order valence-corrected chi connectivity index (χ0v) is 11.0. The highest BCUT2D eigenvalue weighted by atomic mass is 127. The highest BCUT2D eigenvalue weighted by Gasteiger charge is 2.19. The number of phosphoric acid groups is 1. The lowest BCUT2D eigenvalue weighted by Gasteiger charge is -2.10. The Hall–Kier alpha value is -0.740. The van der Waals surface area contributed by atoms with Gasteiger partial charge in [0.2, 0.25) is 0 Å². The molecule has 1 aromatic rings. The monoisotopic (exact) mass is 354 g/mol. The molecule has 0 bridgehead atoms. The molecule has 0 heterocycles. The second-order valence-corrected chi connectivity index (χ2v) is 5.45. The number of hydrogen-bond acceptors (Lipinski definition) is 3. The van der Waals surface area contributed by atoms with E-state index in [0.717, 1.165) is 0 Å². The van der Waals surface area contributed by atoms with E-state index in [4.69, 9.17) is 16.2 Å². The van der Waals surface area contributed by atoms with Crippen molar-refractivity contribution in [3.63, 3.8) is 0 Å². The van der Waals surface area contributed by atoms with Crippen molar-refractivity contribution in [3.05, 3.63) is 27.3 Å². The van der Waals surface area contributed by atoms with Crippen LogP contribution in [0.1, 0.15) is 5.56 Å². The third kappa shape index (κ3) is 3.68. The number of terminal acetylenes is 1. The van der Waals surface area contributed by atoms with E-state index in [1.165, 1.54) is 6.07 Å². The van der Waals surface area contributed by atoms with Gasteiger partial charge in [0.1, 0.15) is 5.75 Å². The van der Waals surface area contributed by atoms with Crippen LogP contribution >= 0.6 is 29.0 Å². The van der Waals surface area contributed by atoms with Crippen LogP contribution in [0.25, 0.3) is 0 Å². The summed E-state index contributed by atoms with van der Waals surface area (Å²) >= 11 is -1.62. The molecule has 2 N–H and O–H groups in total. The molecule has 7 heteroatoms. The first kappa shape index (κ1) is 13.3. The topological polar surface area (TPSA) is 83.8 Å². The third-order valence-electron chi connectivity index (χ3n) is 1.63. The van der Waals surface area contributed by atoms with Crippen molar-refractivity contribution in [2.24, 2.45) is 0 Å². The molecule has 0 saturated heterocycles. The van der Waals surface area contributed by atoms with E-state index in [0.29, 0.717) is 9.13 Å². The van der Waals surface area contributed by atoms with Gasteiger partial charge in [-0.15, -0.1) is 12.3 Å². The van der Waals surface area contributed by atoms with Crippen LogP contribution in [-0.2, 0) is 14.1 Å². The van der Waals surface area contributed by atoms with E-state index in [9.17, 15) is 7.63 Å². The predicted octanol–water partition coefficient (Wildman–Crippen LogP) is 1.82. The molecule has 0 amide bonds. The number of rotatable bonds is 4. The molecule has 16 heavy (non-hydrogen) atoms. The van der Waals surface area contributed by atoms with Crippen molar-refractivity contribution in [1.82, 2.24) is 0 Å². The van der Waals surface area contributed by atoms with E-state index < -0.39 is 29.0 Å². The molecule has 0 radical (unpaired) electrons. The predicted molar refractivity (Wildman–Crippen MR) is 65.1 cm³/mol. The Kier molecular flexibility index (Phi) is 4.62. The largest absolute Gasteiger partial charge is 0.524 e. The van der Waals surface area contributed by atoms with Gasteiger partial charge in [0.05, 0.1) is 3.57 Å². The number of benzene rings is 1. The van der Waals surface area contributed by atoms with Crippen LogP contribution < -0.4 is 4.52 Å². The Labute approximate surface area is 103 Å². The summed E-state index contributed by atoms with van der Waals surface area (Å²) in [4.78, 5) is 17.3. The normalized spacial score (nSPS) is 10.8. The van der Waals surface area contributed by atoms with E-state index in [-0.39, 0.29) is 12.2 Å². The number of phosphoric ester groups is 1. The van der Waals surface area contributed by atoms with Crippen LogP contribution in [0.5, 0.6) is 5.75 Å². The van der Waals surface area contributed by atoms with Gasteiger partial charge in [-0.05, 0) is 11.6 Å². The fourth-order valence-corrected chi connectivity index (χ4v) is 2.83. The number of halogens is 1. The Morgan fingerprint density at radius 1 is 1.50 bits per heavy atom. The summed E-state index contributed by atoms with van der Waals surface area (Å²) in [5.41, 5.74) is 0.594. The first-order valence-corrected chi connectivity index (χ1v) is 7.54. The zero-order valence-electron chi connectivity index (χ0n) is 7.96. The summed E-state index contributed by atoms with van der Waals surface area (Å²) < 4.78 is 26.5. The standard InChI is InChI=1S/C9H8IO5P/c1-2-4-7-5-3-6-8(9(7)10-11)15-16(12,13)14/h1,3,5-6H,4H2,(H2,12,13,14). The lowest BCUT2D eigenvalue weighted by atomic mass is 10.1. The first-order chi connectivity index (χ1) is 7.48. The molecule has 0 aliphatic heterocycles. The lowest BCUT2D eigenvalue weighted by Crippen LogP contribution is -1.96. The molecular weight excluding hydrogens is 346 g/mol. The van der Waals surface area contributed by atoms with Crippen LogP contribution in [0.2, 0.25) is 0 Å². The highest BCUT2D eigenvalue weighted by Crippen LogP contribution is 2.41. The summed E-state index contributed by atoms with van der Waals surface area (Å²) in [5, 5.41) is 0. The number of hydrogen-bond donors (Lipinski definition) is 2. The van der Waals surface area contributed by atoms with Gasteiger partial charge in [0, 0.05) is 6.42 Å². The molecule has 0 aromatic heterocycles. The minimum Gasteiger partial charge on any atom is -0.403 e. The van der Waals surface area contributed by atoms with Gasteiger partial charge < -0.3 is 4.52 Å². The maximum atomic E-state index is 11.0. The smallest absolute Gasteiger partial charge is 0.403 e. The maximum Gasteiger partial charge on any atom is 0.524 e. The zero-order chi connectivity index (χ0) is 12.2. The summed E-state index contributed by atoms with van der Waals surface area (Å²) in [5.74, 6) is 2.31. The minimum atomic E-state index is -4.64. The Morgan fingerprint density at radius 2 is 2.19 bits per heavy atom. The van der Waals surface area contributed by atoms with Crippen LogP contribution in [0.4, 0.5) is 0 Å². The molecule has 0 aliphatic carbocycles. The average Bonchev–Trinajstić information content (AvgIpc) is 2.16. The molecule has 0 saturated carbocycles. The fourth-order valence-electron chi connectivity index (χ4n) is 1.09. The SMILES string of the molecule is C#CCc1cccc(OP(=O)(O)O)c1I=O. The van der Waals surface area contributed by atoms with Gasteiger partial charge in [-0.2, -0.15) is 0 Å². The van der Waals surface area contributed by atoms with Gasteiger partial charge in [0.25, 0.3) is 0 Å². The summed E-state index contributed by atoms with van der Waals surface area (Å²) in [6, 6.07) is 4.55. The molecule has 0 atom stereocenters. The van der Waals surface area contributed by atoms with E-state index >= 15 is 0 Å². The van der Waals surface area contributed by atoms with Gasteiger partial charge >= 0.3 is 7.82 Å². The Morgan fingerprint density at radius 3 is 2.69 bits per heavy atom. The van der Waals surface area contributed by atoms with Gasteiger partial charge in [0.15, 0.2) is 21.2 Å². The average molecular weight is 354 g/mol. The second-order valence-electron chi connectivity index (χ2n) is 2.77. The summed E-state index contributed by atoms with van der Waals surface area (Å²) in [6.07, 6.45) is 5.37. The van der Waals surface area contributed by atoms with E-state index in [2.05, 4.69) is 10.4 Å². The molecule has 0 aliphatic rings. The minimum absolute atomic E-state index is 0.0658. The lowest BCUT2D eigenvalue weighted by molar-refractivity contribution is 0.282. The molecule has 1 rings (SSSR count). The summed E-state index contributed by atoms with van der Waals surface area (Å²) in [6.45, 7) is 0. The summed E-state index contributed by atoms with van der Waals surface area (Å²) in [7, 11) is -4.64. The van der Waals surface area contributed by atoms with Crippen LogP contribution in [0.3, 0.4) is 0 Å². The maximum absolute atomic E-state index is 11.0. The van der Waals surface area contributed by atoms with E-state index in [1.807, 2.05) is 0 Å².